The molecule has 0 heterocycles. The Balaban J connectivity index is 2.14. The first-order chi connectivity index (χ1) is 18.2. The van der Waals surface area contributed by atoms with E-state index in [1.54, 1.807) is 0 Å². The molecule has 204 valence electrons. The highest BCUT2D eigenvalue weighted by Gasteiger charge is 2.32. The van der Waals surface area contributed by atoms with Crippen LogP contribution in [0.4, 0.5) is 0 Å². The predicted molar refractivity (Wildman–Crippen MR) is 154 cm³/mol. The Morgan fingerprint density at radius 1 is 0.564 bits per heavy atom. The molecule has 4 aromatic rings. The summed E-state index contributed by atoms with van der Waals surface area (Å²) in [6.07, 6.45) is 0. The topological polar surface area (TPSA) is 115 Å². The van der Waals surface area contributed by atoms with E-state index >= 15 is 0 Å². The van der Waals surface area contributed by atoms with E-state index in [1.807, 2.05) is 27.7 Å². The quantitative estimate of drug-likeness (QED) is 0.181. The van der Waals surface area contributed by atoms with E-state index in [1.165, 1.54) is 60.7 Å². The van der Waals surface area contributed by atoms with Crippen molar-refractivity contribution in [3.8, 4) is 45.3 Å². The van der Waals surface area contributed by atoms with Gasteiger partial charge in [0.1, 0.15) is 23.0 Å². The highest BCUT2D eigenvalue weighted by atomic mass is 35.5. The predicted octanol–water partition coefficient (Wildman–Crippen LogP) is 8.23. The fourth-order valence-electron chi connectivity index (χ4n) is 4.83. The maximum absolute atomic E-state index is 14.6. The Morgan fingerprint density at radius 2 is 0.897 bits per heavy atom. The lowest BCUT2D eigenvalue weighted by molar-refractivity contribution is 0.464. The average molecular weight is 588 g/mol. The summed E-state index contributed by atoms with van der Waals surface area (Å²) < 4.78 is 29.1. The van der Waals surface area contributed by atoms with Crippen molar-refractivity contribution in [1.29, 1.82) is 0 Å². The van der Waals surface area contributed by atoms with E-state index in [-0.39, 0.29) is 65.8 Å². The summed E-state index contributed by atoms with van der Waals surface area (Å²) in [5, 5.41) is 41.6. The van der Waals surface area contributed by atoms with Gasteiger partial charge in [-0.05, 0) is 71.5 Å². The van der Waals surface area contributed by atoms with Gasteiger partial charge in [0, 0.05) is 22.3 Å². The second kappa shape index (κ2) is 10.6. The summed E-state index contributed by atoms with van der Waals surface area (Å²) in [4.78, 5) is -0.172. The van der Waals surface area contributed by atoms with Gasteiger partial charge in [-0.25, -0.2) is 8.42 Å². The molecule has 0 bridgehead atoms. The summed E-state index contributed by atoms with van der Waals surface area (Å²) in [5.41, 5.74) is 2.09. The third kappa shape index (κ3) is 5.14. The highest BCUT2D eigenvalue weighted by molar-refractivity contribution is 7.91. The number of phenols is 4. The third-order valence-electron chi connectivity index (χ3n) is 6.57. The zero-order chi connectivity index (χ0) is 28.8. The third-order valence-corrected chi connectivity index (χ3v) is 9.02. The van der Waals surface area contributed by atoms with Gasteiger partial charge in [0.05, 0.1) is 19.8 Å². The fourth-order valence-corrected chi connectivity index (χ4v) is 6.92. The SMILES string of the molecule is CC(C)c1c(O)ccc(S(=O)(=O)c2ccc(O)c(C(C)C)c2-c2ccc(O)c(Cl)c2)c1-c1ccc(O)c(Cl)c1. The largest absolute Gasteiger partial charge is 0.508 e. The van der Waals surface area contributed by atoms with E-state index in [2.05, 4.69) is 0 Å². The van der Waals surface area contributed by atoms with Crippen molar-refractivity contribution in [2.24, 2.45) is 0 Å². The van der Waals surface area contributed by atoms with Crippen LogP contribution in [0.25, 0.3) is 22.3 Å². The van der Waals surface area contributed by atoms with Crippen molar-refractivity contribution in [3.63, 3.8) is 0 Å². The molecule has 0 aliphatic carbocycles. The van der Waals surface area contributed by atoms with Crippen LogP contribution in [0.15, 0.2) is 70.5 Å². The van der Waals surface area contributed by atoms with Crippen LogP contribution in [0.2, 0.25) is 10.0 Å². The number of phenolic OH excluding ortho intramolecular Hbond substituents is 4. The maximum atomic E-state index is 14.6. The molecule has 0 radical (unpaired) electrons. The lowest BCUT2D eigenvalue weighted by Gasteiger charge is -2.23. The van der Waals surface area contributed by atoms with E-state index < -0.39 is 9.84 Å². The summed E-state index contributed by atoms with van der Waals surface area (Å²) >= 11 is 12.4. The van der Waals surface area contributed by atoms with Crippen molar-refractivity contribution in [1.82, 2.24) is 0 Å². The number of benzene rings is 4. The monoisotopic (exact) mass is 586 g/mol. The van der Waals surface area contributed by atoms with E-state index in [0.717, 1.165) is 0 Å². The molecule has 0 saturated heterocycles. The van der Waals surface area contributed by atoms with Crippen molar-refractivity contribution in [2.75, 3.05) is 0 Å². The summed E-state index contributed by atoms with van der Waals surface area (Å²) in [7, 11) is -4.32. The first kappa shape index (κ1) is 28.6. The molecule has 0 saturated carbocycles. The van der Waals surface area contributed by atoms with Gasteiger partial charge < -0.3 is 20.4 Å². The number of halogens is 2. The molecule has 4 rings (SSSR count). The smallest absolute Gasteiger partial charge is 0.207 e. The van der Waals surface area contributed by atoms with Crippen molar-refractivity contribution in [3.05, 3.63) is 81.8 Å². The molecule has 6 nitrogen and oxygen atoms in total. The van der Waals surface area contributed by atoms with Crippen LogP contribution in [0.1, 0.15) is 50.7 Å². The molecule has 0 unspecified atom stereocenters. The Kier molecular flexibility index (Phi) is 7.81. The molecule has 0 aromatic heterocycles. The van der Waals surface area contributed by atoms with E-state index in [4.69, 9.17) is 23.2 Å². The summed E-state index contributed by atoms with van der Waals surface area (Å²) in [5.74, 6) is -1.04. The molecule has 0 atom stereocenters. The first-order valence-corrected chi connectivity index (χ1v) is 14.4. The van der Waals surface area contributed by atoms with Gasteiger partial charge in [-0.2, -0.15) is 0 Å². The Labute approximate surface area is 237 Å². The van der Waals surface area contributed by atoms with Gasteiger partial charge in [0.2, 0.25) is 9.84 Å². The Morgan fingerprint density at radius 3 is 1.21 bits per heavy atom. The van der Waals surface area contributed by atoms with Gasteiger partial charge in [-0.15, -0.1) is 0 Å². The number of sulfone groups is 1. The Bertz CT molecular complexity index is 1580. The molecule has 39 heavy (non-hydrogen) atoms. The molecule has 4 aromatic carbocycles. The standard InChI is InChI=1S/C30H28Cl2O6S/c1-15(2)27-23(35)9-11-25(29(27)17-5-7-21(33)19(31)13-17)39(37,38)26-12-10-24(36)28(16(3)4)30(26)18-6-8-22(34)20(32)14-18/h5-16,33-36H,1-4H3. The van der Waals surface area contributed by atoms with Crippen LogP contribution in [-0.2, 0) is 9.84 Å². The van der Waals surface area contributed by atoms with Crippen molar-refractivity contribution < 1.29 is 28.8 Å². The molecule has 0 amide bonds. The van der Waals surface area contributed by atoms with Gasteiger partial charge in [0.15, 0.2) is 0 Å². The number of hydrogen-bond acceptors (Lipinski definition) is 6. The van der Waals surface area contributed by atoms with Gasteiger partial charge in [-0.1, -0.05) is 63.0 Å². The molecular weight excluding hydrogens is 559 g/mol. The van der Waals surface area contributed by atoms with E-state index in [9.17, 15) is 28.8 Å². The second-order valence-electron chi connectivity index (χ2n) is 9.89. The molecule has 0 aliphatic rings. The molecular formula is C30H28Cl2O6S. The lowest BCUT2D eigenvalue weighted by Crippen LogP contribution is -2.10. The van der Waals surface area contributed by atoms with Gasteiger partial charge >= 0.3 is 0 Å². The Hall–Kier alpha value is -3.39. The minimum Gasteiger partial charge on any atom is -0.508 e. The lowest BCUT2D eigenvalue weighted by atomic mass is 9.91. The normalized spacial score (nSPS) is 11.9. The maximum Gasteiger partial charge on any atom is 0.207 e. The number of rotatable bonds is 6. The zero-order valence-corrected chi connectivity index (χ0v) is 24.0. The van der Waals surface area contributed by atoms with Gasteiger partial charge in [0.25, 0.3) is 0 Å². The molecule has 0 spiro atoms. The van der Waals surface area contributed by atoms with Crippen LogP contribution >= 0.6 is 23.2 Å². The minimum atomic E-state index is -4.32. The molecule has 4 N–H and O–H groups in total. The number of aromatic hydroxyl groups is 4. The van der Waals surface area contributed by atoms with Crippen LogP contribution in [0.3, 0.4) is 0 Å². The number of hydrogen-bond donors (Lipinski definition) is 4. The molecule has 0 fully saturated rings. The minimum absolute atomic E-state index is 0.0278. The van der Waals surface area contributed by atoms with Crippen LogP contribution in [-0.4, -0.2) is 28.8 Å². The average Bonchev–Trinajstić information content (AvgIpc) is 2.86. The first-order valence-electron chi connectivity index (χ1n) is 12.2. The summed E-state index contributed by atoms with van der Waals surface area (Å²) in [6, 6.07) is 14.1. The van der Waals surface area contributed by atoms with Crippen molar-refractivity contribution >= 4 is 33.0 Å². The fraction of sp³-hybridized carbons (Fsp3) is 0.200. The van der Waals surface area contributed by atoms with Crippen LogP contribution in [0.5, 0.6) is 23.0 Å². The highest BCUT2D eigenvalue weighted by Crippen LogP contribution is 2.47. The van der Waals surface area contributed by atoms with E-state index in [0.29, 0.717) is 22.3 Å². The van der Waals surface area contributed by atoms with Gasteiger partial charge in [-0.3, -0.25) is 0 Å². The zero-order valence-electron chi connectivity index (χ0n) is 21.7. The van der Waals surface area contributed by atoms with Crippen molar-refractivity contribution in [2.45, 2.75) is 49.3 Å². The van der Waals surface area contributed by atoms with Crippen LogP contribution < -0.4 is 0 Å². The molecule has 0 aliphatic heterocycles. The summed E-state index contributed by atoms with van der Waals surface area (Å²) in [6.45, 7) is 7.33. The van der Waals surface area contributed by atoms with Crippen LogP contribution in [0, 0.1) is 0 Å². The second-order valence-corrected chi connectivity index (χ2v) is 12.6. The molecule has 9 heteroatoms.